The number of halogens is 2. The summed E-state index contributed by atoms with van der Waals surface area (Å²) in [6.45, 7) is 6.04. The summed E-state index contributed by atoms with van der Waals surface area (Å²) in [4.78, 5) is 11.5. The van der Waals surface area contributed by atoms with Crippen LogP contribution in [0.1, 0.15) is 6.42 Å². The molecule has 100 valence electrons. The molecule has 5 heteroatoms. The summed E-state index contributed by atoms with van der Waals surface area (Å²) in [5.41, 5.74) is 0.398. The van der Waals surface area contributed by atoms with Crippen molar-refractivity contribution in [3.8, 4) is 0 Å². The second-order valence-electron chi connectivity index (χ2n) is 5.59. The van der Waals surface area contributed by atoms with E-state index in [0.717, 1.165) is 0 Å². The van der Waals surface area contributed by atoms with Crippen LogP contribution in [0, 0.1) is 0 Å². The summed E-state index contributed by atoms with van der Waals surface area (Å²) in [7, 11) is -1.56. The van der Waals surface area contributed by atoms with E-state index >= 15 is 0 Å². The van der Waals surface area contributed by atoms with Crippen molar-refractivity contribution in [3.63, 3.8) is 0 Å². The maximum absolute atomic E-state index is 13.6. The fourth-order valence-corrected chi connectivity index (χ4v) is 2.45. The number of carbonyl (C=O) groups excluding carboxylic acids is 1. The molecule has 18 heavy (non-hydrogen) atoms. The van der Waals surface area contributed by atoms with E-state index < -0.39 is 19.9 Å². The van der Waals surface area contributed by atoms with Gasteiger partial charge in [0.1, 0.15) is 0 Å². The lowest BCUT2D eigenvalue weighted by molar-refractivity contribution is -0.139. The molecule has 0 aliphatic heterocycles. The predicted molar refractivity (Wildman–Crippen MR) is 72.8 cm³/mol. The Hall–Kier alpha value is -1.23. The van der Waals surface area contributed by atoms with Crippen LogP contribution in [0.5, 0.6) is 0 Å². The van der Waals surface area contributed by atoms with E-state index in [1.807, 2.05) is 19.6 Å². The molecule has 0 heterocycles. The Morgan fingerprint density at radius 2 is 1.78 bits per heavy atom. The van der Waals surface area contributed by atoms with Crippen LogP contribution in [-0.2, 0) is 4.79 Å². The summed E-state index contributed by atoms with van der Waals surface area (Å²) in [5.74, 6) is -4.51. The van der Waals surface area contributed by atoms with Gasteiger partial charge in [0, 0.05) is 20.2 Å². The van der Waals surface area contributed by atoms with Crippen LogP contribution < -0.4 is 5.32 Å². The highest BCUT2D eigenvalue weighted by Gasteiger charge is 2.39. The molecule has 0 aliphatic carbocycles. The van der Waals surface area contributed by atoms with Crippen molar-refractivity contribution in [1.29, 1.82) is 0 Å². The Kier molecular flexibility index (Phi) is 4.62. The maximum Gasteiger partial charge on any atom is 0.324 e. The molecule has 2 nitrogen and oxygen atoms in total. The zero-order valence-corrected chi connectivity index (χ0v) is 12.0. The SMILES string of the molecule is C[Si](C)(C)CCC(F)(F)C(=O)Nc1ccccc1. The molecule has 1 N–H and O–H groups in total. The molecule has 1 rings (SSSR count). The lowest BCUT2D eigenvalue weighted by Crippen LogP contribution is -2.36. The van der Waals surface area contributed by atoms with E-state index in [9.17, 15) is 13.6 Å². The number of amides is 1. The van der Waals surface area contributed by atoms with Gasteiger partial charge in [0.25, 0.3) is 5.91 Å². The number of anilines is 1. The van der Waals surface area contributed by atoms with Gasteiger partial charge in [0.2, 0.25) is 0 Å². The summed E-state index contributed by atoms with van der Waals surface area (Å²) in [6, 6.07) is 8.76. The van der Waals surface area contributed by atoms with Gasteiger partial charge in [-0.05, 0) is 12.1 Å². The van der Waals surface area contributed by atoms with Gasteiger partial charge in [-0.25, -0.2) is 0 Å². The largest absolute Gasteiger partial charge is 0.324 e. The minimum atomic E-state index is -3.30. The quantitative estimate of drug-likeness (QED) is 0.806. The molecule has 0 saturated heterocycles. The van der Waals surface area contributed by atoms with Gasteiger partial charge in [-0.1, -0.05) is 43.9 Å². The molecule has 0 radical (unpaired) electrons. The van der Waals surface area contributed by atoms with Crippen molar-refractivity contribution in [1.82, 2.24) is 0 Å². The monoisotopic (exact) mass is 271 g/mol. The van der Waals surface area contributed by atoms with Gasteiger partial charge in [-0.3, -0.25) is 4.79 Å². The summed E-state index contributed by atoms with van der Waals surface area (Å²) in [6.07, 6.45) is -0.374. The minimum Gasteiger partial charge on any atom is -0.321 e. The van der Waals surface area contributed by atoms with Crippen molar-refractivity contribution in [3.05, 3.63) is 30.3 Å². The van der Waals surface area contributed by atoms with Crippen LogP contribution in [0.2, 0.25) is 25.7 Å². The number of benzene rings is 1. The van der Waals surface area contributed by atoms with Crippen LogP contribution in [-0.4, -0.2) is 19.9 Å². The fraction of sp³-hybridized carbons (Fsp3) is 0.462. The molecule has 0 saturated carbocycles. The van der Waals surface area contributed by atoms with E-state index in [1.165, 1.54) is 0 Å². The first-order valence-electron chi connectivity index (χ1n) is 5.95. The molecule has 0 bridgehead atoms. The van der Waals surface area contributed by atoms with Crippen LogP contribution >= 0.6 is 0 Å². The smallest absolute Gasteiger partial charge is 0.321 e. The second-order valence-corrected chi connectivity index (χ2v) is 11.2. The molecule has 0 aliphatic rings. The van der Waals surface area contributed by atoms with Crippen molar-refractivity contribution in [2.24, 2.45) is 0 Å². The van der Waals surface area contributed by atoms with Crippen LogP contribution in [0.4, 0.5) is 14.5 Å². The third kappa shape index (κ3) is 4.95. The number of hydrogen-bond acceptors (Lipinski definition) is 1. The lowest BCUT2D eigenvalue weighted by Gasteiger charge is -2.21. The minimum absolute atomic E-state index is 0.374. The number of rotatable bonds is 5. The van der Waals surface area contributed by atoms with Crippen molar-refractivity contribution >= 4 is 19.7 Å². The Labute approximate surface area is 107 Å². The van der Waals surface area contributed by atoms with Gasteiger partial charge in [-0.2, -0.15) is 8.78 Å². The first-order chi connectivity index (χ1) is 8.21. The first kappa shape index (κ1) is 14.8. The zero-order chi connectivity index (χ0) is 13.8. The average Bonchev–Trinajstić information content (AvgIpc) is 2.27. The molecule has 0 unspecified atom stereocenters. The summed E-state index contributed by atoms with van der Waals surface area (Å²) >= 11 is 0. The number of hydrogen-bond donors (Lipinski definition) is 1. The van der Waals surface area contributed by atoms with Gasteiger partial charge < -0.3 is 5.32 Å². The van der Waals surface area contributed by atoms with Crippen molar-refractivity contribution in [2.75, 3.05) is 5.32 Å². The first-order valence-corrected chi connectivity index (χ1v) is 9.66. The predicted octanol–water partition coefficient (Wildman–Crippen LogP) is 3.99. The maximum atomic E-state index is 13.6. The number of alkyl halides is 2. The fourth-order valence-electron chi connectivity index (χ4n) is 1.39. The summed E-state index contributed by atoms with van der Waals surface area (Å²) < 4.78 is 27.3. The Bertz CT molecular complexity index is 401. The highest BCUT2D eigenvalue weighted by Crippen LogP contribution is 2.26. The summed E-state index contributed by atoms with van der Waals surface area (Å²) in [5, 5.41) is 2.24. The Morgan fingerprint density at radius 3 is 2.28 bits per heavy atom. The highest BCUT2D eigenvalue weighted by molar-refractivity contribution is 6.76. The van der Waals surface area contributed by atoms with E-state index in [0.29, 0.717) is 11.7 Å². The second kappa shape index (κ2) is 5.61. The van der Waals surface area contributed by atoms with E-state index in [2.05, 4.69) is 5.32 Å². The highest BCUT2D eigenvalue weighted by atomic mass is 28.3. The molecular formula is C13H19F2NOSi. The van der Waals surface area contributed by atoms with Gasteiger partial charge in [-0.15, -0.1) is 0 Å². The average molecular weight is 271 g/mol. The van der Waals surface area contributed by atoms with Crippen molar-refractivity contribution < 1.29 is 13.6 Å². The Morgan fingerprint density at radius 1 is 1.22 bits per heavy atom. The molecular weight excluding hydrogens is 252 g/mol. The van der Waals surface area contributed by atoms with E-state index in [-0.39, 0.29) is 6.42 Å². The number of para-hydroxylation sites is 1. The zero-order valence-electron chi connectivity index (χ0n) is 11.0. The van der Waals surface area contributed by atoms with Gasteiger partial charge >= 0.3 is 5.92 Å². The van der Waals surface area contributed by atoms with Crippen LogP contribution in [0.3, 0.4) is 0 Å². The van der Waals surface area contributed by atoms with E-state index in [4.69, 9.17) is 0 Å². The van der Waals surface area contributed by atoms with E-state index in [1.54, 1.807) is 30.3 Å². The van der Waals surface area contributed by atoms with Gasteiger partial charge in [0.15, 0.2) is 0 Å². The molecule has 1 amide bonds. The standard InChI is InChI=1S/C13H19F2NOSi/c1-18(2,3)10-9-13(14,15)12(17)16-11-7-5-4-6-8-11/h4-8H,9-10H2,1-3H3,(H,16,17). The molecule has 0 atom stereocenters. The van der Waals surface area contributed by atoms with Crippen LogP contribution in [0.25, 0.3) is 0 Å². The van der Waals surface area contributed by atoms with Crippen molar-refractivity contribution in [2.45, 2.75) is 38.0 Å². The Balaban J connectivity index is 2.59. The van der Waals surface area contributed by atoms with Gasteiger partial charge in [0.05, 0.1) is 0 Å². The molecule has 1 aromatic carbocycles. The topological polar surface area (TPSA) is 29.1 Å². The third-order valence-electron chi connectivity index (χ3n) is 2.55. The molecule has 0 aromatic heterocycles. The normalized spacial score (nSPS) is 12.3. The third-order valence-corrected chi connectivity index (χ3v) is 4.30. The lowest BCUT2D eigenvalue weighted by atomic mass is 10.2. The number of carbonyl (C=O) groups is 1. The molecule has 1 aromatic rings. The molecule has 0 spiro atoms. The number of nitrogens with one attached hydrogen (secondary N) is 1. The van der Waals surface area contributed by atoms with Crippen LogP contribution in [0.15, 0.2) is 30.3 Å². The molecule has 0 fully saturated rings.